The Hall–Kier alpha value is -1.96. The van der Waals surface area contributed by atoms with Crippen molar-refractivity contribution in [3.63, 3.8) is 0 Å². The largest absolute Gasteiger partial charge is 0.431 e. The molecular formula is C16H17O2. The van der Waals surface area contributed by atoms with Crippen molar-refractivity contribution in [1.29, 1.82) is 0 Å². The van der Waals surface area contributed by atoms with E-state index in [1.54, 1.807) is 6.08 Å². The minimum atomic E-state index is 0.397. The van der Waals surface area contributed by atoms with Gasteiger partial charge in [0.05, 0.1) is 0 Å². The summed E-state index contributed by atoms with van der Waals surface area (Å²) in [5, 5.41) is 0. The molecule has 0 fully saturated rings. The molecule has 0 aliphatic heterocycles. The maximum absolute atomic E-state index is 5.61. The van der Waals surface area contributed by atoms with E-state index in [2.05, 4.69) is 6.92 Å². The van der Waals surface area contributed by atoms with Gasteiger partial charge in [-0.05, 0) is 30.5 Å². The van der Waals surface area contributed by atoms with Gasteiger partial charge < -0.3 is 9.15 Å². The molecule has 0 N–H and O–H groups in total. The molecule has 18 heavy (non-hydrogen) atoms. The summed E-state index contributed by atoms with van der Waals surface area (Å²) in [6, 6.07) is 13.4. The number of rotatable bonds is 6. The molecule has 2 heteroatoms. The topological polar surface area (TPSA) is 22.4 Å². The first kappa shape index (κ1) is 12.5. The van der Waals surface area contributed by atoms with Crippen LogP contribution in [-0.4, -0.2) is 0 Å². The fourth-order valence-electron chi connectivity index (χ4n) is 1.62. The van der Waals surface area contributed by atoms with Gasteiger partial charge in [0.2, 0.25) is 0 Å². The minimum Gasteiger partial charge on any atom is -0.431 e. The number of benzene rings is 1. The Labute approximate surface area is 108 Å². The lowest BCUT2D eigenvalue weighted by Crippen LogP contribution is -1.91. The van der Waals surface area contributed by atoms with Crippen molar-refractivity contribution in [3.8, 4) is 11.7 Å². The Morgan fingerprint density at radius 2 is 2.00 bits per heavy atom. The van der Waals surface area contributed by atoms with Crippen LogP contribution < -0.4 is 4.74 Å². The number of allylic oxidation sites excluding steroid dienone is 1. The number of hydrogen-bond acceptors (Lipinski definition) is 2. The van der Waals surface area contributed by atoms with Crippen LogP contribution in [0.1, 0.15) is 19.1 Å². The Morgan fingerprint density at radius 1 is 1.22 bits per heavy atom. The smallest absolute Gasteiger partial charge is 0.290 e. The molecule has 1 aromatic carbocycles. The number of para-hydroxylation sites is 1. The van der Waals surface area contributed by atoms with Crippen LogP contribution in [0.25, 0.3) is 0 Å². The fourth-order valence-corrected chi connectivity index (χ4v) is 1.62. The summed E-state index contributed by atoms with van der Waals surface area (Å²) in [6.45, 7) is 7.55. The van der Waals surface area contributed by atoms with E-state index < -0.39 is 0 Å². The molecule has 2 nitrogen and oxygen atoms in total. The molecular weight excluding hydrogens is 224 g/mol. The zero-order chi connectivity index (χ0) is 12.8. The molecule has 0 aliphatic carbocycles. The summed E-state index contributed by atoms with van der Waals surface area (Å²) in [5.74, 6) is 2.63. The quantitative estimate of drug-likeness (QED) is 0.735. The monoisotopic (exact) mass is 241 g/mol. The van der Waals surface area contributed by atoms with Crippen LogP contribution >= 0.6 is 0 Å². The second kappa shape index (κ2) is 6.10. The van der Waals surface area contributed by atoms with Gasteiger partial charge in [0.1, 0.15) is 11.5 Å². The van der Waals surface area contributed by atoms with Crippen molar-refractivity contribution in [3.05, 3.63) is 60.9 Å². The van der Waals surface area contributed by atoms with Crippen molar-refractivity contribution in [2.24, 2.45) is 5.92 Å². The molecule has 1 unspecified atom stereocenters. The Kier molecular flexibility index (Phi) is 4.24. The van der Waals surface area contributed by atoms with E-state index in [9.17, 15) is 0 Å². The third kappa shape index (κ3) is 3.52. The van der Waals surface area contributed by atoms with Gasteiger partial charge in [-0.1, -0.05) is 37.8 Å². The van der Waals surface area contributed by atoms with Gasteiger partial charge in [-0.3, -0.25) is 0 Å². The van der Waals surface area contributed by atoms with Crippen LogP contribution in [0, 0.1) is 12.5 Å². The lowest BCUT2D eigenvalue weighted by Gasteiger charge is -2.03. The number of furan rings is 1. The summed E-state index contributed by atoms with van der Waals surface area (Å²) in [7, 11) is 0. The lowest BCUT2D eigenvalue weighted by atomic mass is 10.1. The molecule has 2 aromatic rings. The first-order valence-corrected chi connectivity index (χ1v) is 6.14. The van der Waals surface area contributed by atoms with Crippen LogP contribution in [0.15, 0.2) is 53.0 Å². The third-order valence-electron chi connectivity index (χ3n) is 2.77. The Balaban J connectivity index is 1.92. The highest BCUT2D eigenvalue weighted by Gasteiger charge is 2.05. The van der Waals surface area contributed by atoms with Crippen LogP contribution in [-0.2, 0) is 6.42 Å². The van der Waals surface area contributed by atoms with Crippen LogP contribution in [0.4, 0.5) is 0 Å². The SMILES string of the molecule is [CH]=CC(C)CCc1ccc(Oc2ccccc2)o1. The zero-order valence-corrected chi connectivity index (χ0v) is 10.5. The summed E-state index contributed by atoms with van der Waals surface area (Å²) < 4.78 is 11.2. The Bertz CT molecular complexity index is 485. The highest BCUT2D eigenvalue weighted by molar-refractivity contribution is 5.26. The maximum Gasteiger partial charge on any atom is 0.290 e. The molecule has 0 spiro atoms. The highest BCUT2D eigenvalue weighted by Crippen LogP contribution is 2.24. The average Bonchev–Trinajstić information content (AvgIpc) is 2.85. The molecule has 2 rings (SSSR count). The van der Waals surface area contributed by atoms with Crippen LogP contribution in [0.5, 0.6) is 11.7 Å². The number of aryl methyl sites for hydroxylation is 1. The molecule has 0 saturated heterocycles. The highest BCUT2D eigenvalue weighted by atomic mass is 16.6. The summed E-state index contributed by atoms with van der Waals surface area (Å²) in [5.41, 5.74) is 0. The Morgan fingerprint density at radius 3 is 2.72 bits per heavy atom. The molecule has 93 valence electrons. The van der Waals surface area contributed by atoms with Gasteiger partial charge in [0.25, 0.3) is 5.95 Å². The molecule has 0 aliphatic rings. The second-order valence-electron chi connectivity index (χ2n) is 4.34. The average molecular weight is 241 g/mol. The van der Waals surface area contributed by atoms with Gasteiger partial charge >= 0.3 is 0 Å². The van der Waals surface area contributed by atoms with E-state index >= 15 is 0 Å². The van der Waals surface area contributed by atoms with E-state index in [1.165, 1.54) is 0 Å². The molecule has 1 heterocycles. The predicted molar refractivity (Wildman–Crippen MR) is 71.6 cm³/mol. The van der Waals surface area contributed by atoms with Crippen molar-refractivity contribution in [1.82, 2.24) is 0 Å². The van der Waals surface area contributed by atoms with Crippen LogP contribution in [0.3, 0.4) is 0 Å². The molecule has 0 amide bonds. The van der Waals surface area contributed by atoms with Gasteiger partial charge in [0, 0.05) is 12.5 Å². The van der Waals surface area contributed by atoms with Gasteiger partial charge in [0.15, 0.2) is 0 Å². The van der Waals surface area contributed by atoms with E-state index in [0.717, 1.165) is 24.4 Å². The van der Waals surface area contributed by atoms with E-state index in [0.29, 0.717) is 11.9 Å². The van der Waals surface area contributed by atoms with E-state index in [-0.39, 0.29) is 0 Å². The molecule has 0 saturated carbocycles. The maximum atomic E-state index is 5.61. The normalized spacial score (nSPS) is 12.1. The van der Waals surface area contributed by atoms with E-state index in [1.807, 2.05) is 42.5 Å². The first-order valence-electron chi connectivity index (χ1n) is 6.14. The number of hydrogen-bond donors (Lipinski definition) is 0. The standard InChI is InChI=1S/C16H17O2/c1-3-13(2)9-10-15-11-12-16(18-15)17-14-7-5-4-6-8-14/h1,3-8,11-13H,9-10H2,2H3. The third-order valence-corrected chi connectivity index (χ3v) is 2.77. The minimum absolute atomic E-state index is 0.397. The van der Waals surface area contributed by atoms with Crippen molar-refractivity contribution < 1.29 is 9.15 Å². The summed E-state index contributed by atoms with van der Waals surface area (Å²) >= 11 is 0. The molecule has 0 bridgehead atoms. The molecule has 1 atom stereocenters. The lowest BCUT2D eigenvalue weighted by molar-refractivity contribution is 0.329. The van der Waals surface area contributed by atoms with Crippen molar-refractivity contribution in [2.45, 2.75) is 19.8 Å². The predicted octanol–water partition coefficient (Wildman–Crippen LogP) is 4.63. The van der Waals surface area contributed by atoms with Crippen LogP contribution in [0.2, 0.25) is 0 Å². The summed E-state index contributed by atoms with van der Waals surface area (Å²) in [4.78, 5) is 0. The molecule has 1 aromatic heterocycles. The van der Waals surface area contributed by atoms with Crippen molar-refractivity contribution >= 4 is 0 Å². The second-order valence-corrected chi connectivity index (χ2v) is 4.34. The fraction of sp³-hybridized carbons (Fsp3) is 0.250. The zero-order valence-electron chi connectivity index (χ0n) is 10.5. The first-order chi connectivity index (χ1) is 8.78. The van der Waals surface area contributed by atoms with Gasteiger partial charge in [-0.2, -0.15) is 0 Å². The molecule has 1 radical (unpaired) electrons. The number of ether oxygens (including phenoxy) is 1. The summed E-state index contributed by atoms with van der Waals surface area (Å²) in [6.07, 6.45) is 3.56. The van der Waals surface area contributed by atoms with E-state index in [4.69, 9.17) is 15.7 Å². The van der Waals surface area contributed by atoms with Crippen molar-refractivity contribution in [2.75, 3.05) is 0 Å². The van der Waals surface area contributed by atoms with Gasteiger partial charge in [-0.15, -0.1) is 0 Å². The van der Waals surface area contributed by atoms with Gasteiger partial charge in [-0.25, -0.2) is 0 Å².